The zero-order valence-corrected chi connectivity index (χ0v) is 11.7. The predicted octanol–water partition coefficient (Wildman–Crippen LogP) is 0.462. The van der Waals surface area contributed by atoms with Crippen LogP contribution in [-0.4, -0.2) is 49.1 Å². The number of nitrogens with two attached hydrogens (primary N) is 1. The predicted molar refractivity (Wildman–Crippen MR) is 74.0 cm³/mol. The first-order valence-corrected chi connectivity index (χ1v) is 6.48. The van der Waals surface area contributed by atoms with E-state index in [0.29, 0.717) is 26.3 Å². The van der Waals surface area contributed by atoms with E-state index in [1.165, 1.54) is 19.2 Å². The maximum atomic E-state index is 11.9. The van der Waals surface area contributed by atoms with Gasteiger partial charge in [-0.05, 0) is 6.07 Å². The first-order chi connectivity index (χ1) is 10.1. The molecular formula is C13H17N3O5. The number of ether oxygens (including phenoxy) is 2. The largest absolute Gasteiger partial charge is 0.496 e. The van der Waals surface area contributed by atoms with Crippen LogP contribution >= 0.6 is 0 Å². The lowest BCUT2D eigenvalue weighted by Crippen LogP contribution is -2.44. The molecule has 0 saturated carbocycles. The molecule has 2 rings (SSSR count). The summed E-state index contributed by atoms with van der Waals surface area (Å²) in [5.41, 5.74) is 5.51. The normalized spacial score (nSPS) is 17.2. The summed E-state index contributed by atoms with van der Waals surface area (Å²) in [5, 5.41) is 11.3. The summed E-state index contributed by atoms with van der Waals surface area (Å²) in [6.45, 7) is 1.85. The molecule has 1 aliphatic rings. The molecule has 8 heteroatoms. The molecule has 2 N–H and O–H groups in total. The maximum absolute atomic E-state index is 11.9. The molecule has 0 bridgehead atoms. The molecule has 1 aromatic rings. The highest BCUT2D eigenvalue weighted by atomic mass is 16.6. The molecule has 1 saturated heterocycles. The molecule has 0 aromatic heterocycles. The molecule has 8 nitrogen and oxygen atoms in total. The number of carbonyl (C=O) groups excluding carboxylic acids is 1. The average molecular weight is 295 g/mol. The van der Waals surface area contributed by atoms with Gasteiger partial charge in [0.15, 0.2) is 0 Å². The lowest BCUT2D eigenvalue weighted by atomic mass is 10.0. The Bertz CT molecular complexity index is 543. The van der Waals surface area contributed by atoms with Crippen molar-refractivity contribution in [2.24, 2.45) is 5.73 Å². The molecule has 1 aromatic carbocycles. The summed E-state index contributed by atoms with van der Waals surface area (Å²) in [7, 11) is 1.40. The Hall–Kier alpha value is -2.19. The summed E-state index contributed by atoms with van der Waals surface area (Å²) < 4.78 is 10.4. The van der Waals surface area contributed by atoms with E-state index >= 15 is 0 Å². The first-order valence-electron chi connectivity index (χ1n) is 6.48. The van der Waals surface area contributed by atoms with Gasteiger partial charge in [-0.3, -0.25) is 19.8 Å². The van der Waals surface area contributed by atoms with Gasteiger partial charge in [-0.15, -0.1) is 0 Å². The van der Waals surface area contributed by atoms with Gasteiger partial charge in [-0.2, -0.15) is 0 Å². The second-order valence-electron chi connectivity index (χ2n) is 4.60. The van der Waals surface area contributed by atoms with Gasteiger partial charge in [0.05, 0.1) is 30.8 Å². The second-order valence-corrected chi connectivity index (χ2v) is 4.60. The van der Waals surface area contributed by atoms with Crippen molar-refractivity contribution >= 4 is 11.6 Å². The van der Waals surface area contributed by atoms with Crippen LogP contribution in [0.4, 0.5) is 5.69 Å². The molecule has 21 heavy (non-hydrogen) atoms. The number of hydrogen-bond donors (Lipinski definition) is 1. The number of amides is 1. The Kier molecular flexibility index (Phi) is 4.71. The number of hydrogen-bond acceptors (Lipinski definition) is 6. The number of carbonyl (C=O) groups is 1. The van der Waals surface area contributed by atoms with Gasteiger partial charge in [0.25, 0.3) is 5.69 Å². The monoisotopic (exact) mass is 295 g/mol. The average Bonchev–Trinajstić information content (AvgIpc) is 2.48. The molecule has 0 aliphatic carbocycles. The lowest BCUT2D eigenvalue weighted by Gasteiger charge is -2.33. The number of methoxy groups -OCH3 is 1. The van der Waals surface area contributed by atoms with E-state index in [2.05, 4.69) is 0 Å². The topological polar surface area (TPSA) is 108 Å². The SMILES string of the molecule is COc1cccc([N+](=O)[O-])c1C(C(N)=O)N1CCOCC1. The van der Waals surface area contributed by atoms with Crippen molar-refractivity contribution in [2.45, 2.75) is 6.04 Å². The van der Waals surface area contributed by atoms with Crippen LogP contribution in [0.1, 0.15) is 11.6 Å². The van der Waals surface area contributed by atoms with E-state index in [4.69, 9.17) is 15.2 Å². The van der Waals surface area contributed by atoms with Crippen molar-refractivity contribution in [3.63, 3.8) is 0 Å². The zero-order valence-electron chi connectivity index (χ0n) is 11.7. The number of nitrogens with zero attached hydrogens (tertiary/aromatic N) is 2. The van der Waals surface area contributed by atoms with Crippen molar-refractivity contribution < 1.29 is 19.2 Å². The van der Waals surface area contributed by atoms with E-state index in [1.54, 1.807) is 11.0 Å². The second kappa shape index (κ2) is 6.51. The number of rotatable bonds is 5. The highest BCUT2D eigenvalue weighted by Gasteiger charge is 2.35. The third kappa shape index (κ3) is 3.11. The molecule has 1 amide bonds. The third-order valence-electron chi connectivity index (χ3n) is 3.41. The maximum Gasteiger partial charge on any atom is 0.278 e. The van der Waals surface area contributed by atoms with Gasteiger partial charge in [0.1, 0.15) is 11.8 Å². The Balaban J connectivity index is 2.53. The van der Waals surface area contributed by atoms with Crippen LogP contribution in [0.25, 0.3) is 0 Å². The fraction of sp³-hybridized carbons (Fsp3) is 0.462. The summed E-state index contributed by atoms with van der Waals surface area (Å²) in [6.07, 6.45) is 0. The van der Waals surface area contributed by atoms with Gasteiger partial charge in [-0.25, -0.2) is 0 Å². The highest BCUT2D eigenvalue weighted by molar-refractivity contribution is 5.84. The third-order valence-corrected chi connectivity index (χ3v) is 3.41. The summed E-state index contributed by atoms with van der Waals surface area (Å²) in [6, 6.07) is 3.52. The minimum atomic E-state index is -0.912. The standard InChI is InChI=1S/C13H17N3O5/c1-20-10-4-2-3-9(16(18)19)11(10)12(13(14)17)15-5-7-21-8-6-15/h2-4,12H,5-8H2,1H3,(H2,14,17). The number of nitro benzene ring substituents is 1. The highest BCUT2D eigenvalue weighted by Crippen LogP contribution is 2.37. The van der Waals surface area contributed by atoms with Gasteiger partial charge >= 0.3 is 0 Å². The van der Waals surface area contributed by atoms with Crippen LogP contribution in [0.15, 0.2) is 18.2 Å². The molecule has 114 valence electrons. The number of primary amides is 1. The quantitative estimate of drug-likeness (QED) is 0.624. The van der Waals surface area contributed by atoms with Crippen LogP contribution in [0, 0.1) is 10.1 Å². The van der Waals surface area contributed by atoms with E-state index in [0.717, 1.165) is 0 Å². The van der Waals surface area contributed by atoms with Crippen molar-refractivity contribution in [2.75, 3.05) is 33.4 Å². The Morgan fingerprint density at radius 3 is 2.67 bits per heavy atom. The smallest absolute Gasteiger partial charge is 0.278 e. The van der Waals surface area contributed by atoms with Crippen molar-refractivity contribution in [3.8, 4) is 5.75 Å². The van der Waals surface area contributed by atoms with Crippen molar-refractivity contribution in [3.05, 3.63) is 33.9 Å². The fourth-order valence-electron chi connectivity index (χ4n) is 2.48. The van der Waals surface area contributed by atoms with Gasteiger partial charge in [-0.1, -0.05) is 6.07 Å². The molecule has 1 aliphatic heterocycles. The molecule has 1 atom stereocenters. The number of nitro groups is 1. The van der Waals surface area contributed by atoms with Crippen LogP contribution in [0.2, 0.25) is 0 Å². The molecule has 0 spiro atoms. The Labute approximate surface area is 121 Å². The van der Waals surface area contributed by atoms with Gasteiger partial charge in [0, 0.05) is 19.2 Å². The molecule has 0 radical (unpaired) electrons. The minimum absolute atomic E-state index is 0.176. The minimum Gasteiger partial charge on any atom is -0.496 e. The Morgan fingerprint density at radius 2 is 2.14 bits per heavy atom. The fourth-order valence-corrected chi connectivity index (χ4v) is 2.48. The summed E-state index contributed by atoms with van der Waals surface area (Å²) in [4.78, 5) is 24.4. The first kappa shape index (κ1) is 15.2. The molecule has 1 heterocycles. The van der Waals surface area contributed by atoms with Gasteiger partial charge in [0.2, 0.25) is 5.91 Å². The number of benzene rings is 1. The lowest BCUT2D eigenvalue weighted by molar-refractivity contribution is -0.386. The van der Waals surface area contributed by atoms with Crippen LogP contribution in [-0.2, 0) is 9.53 Å². The van der Waals surface area contributed by atoms with Crippen molar-refractivity contribution in [1.29, 1.82) is 0 Å². The summed E-state index contributed by atoms with van der Waals surface area (Å²) >= 11 is 0. The molecule has 1 fully saturated rings. The van der Waals surface area contributed by atoms with E-state index < -0.39 is 16.9 Å². The van der Waals surface area contributed by atoms with Gasteiger partial charge < -0.3 is 15.2 Å². The van der Waals surface area contributed by atoms with Crippen LogP contribution in [0.5, 0.6) is 5.75 Å². The zero-order chi connectivity index (χ0) is 15.4. The van der Waals surface area contributed by atoms with Crippen molar-refractivity contribution in [1.82, 2.24) is 4.90 Å². The summed E-state index contributed by atoms with van der Waals surface area (Å²) in [5.74, 6) is -0.371. The van der Waals surface area contributed by atoms with E-state index in [-0.39, 0.29) is 17.0 Å². The van der Waals surface area contributed by atoms with E-state index in [9.17, 15) is 14.9 Å². The van der Waals surface area contributed by atoms with E-state index in [1.807, 2.05) is 0 Å². The number of morpholine rings is 1. The molecular weight excluding hydrogens is 278 g/mol. The van der Waals surface area contributed by atoms with Crippen LogP contribution < -0.4 is 10.5 Å². The van der Waals surface area contributed by atoms with Crippen LogP contribution in [0.3, 0.4) is 0 Å². The molecule has 1 unspecified atom stereocenters. The Morgan fingerprint density at radius 1 is 1.48 bits per heavy atom.